The molecule has 1 aliphatic rings. The molecule has 1 fully saturated rings. The normalized spacial score (nSPS) is 28.4. The van der Waals surface area contributed by atoms with Gasteiger partial charge in [0.15, 0.2) is 11.6 Å². The lowest BCUT2D eigenvalue weighted by molar-refractivity contribution is -0.115. The van der Waals surface area contributed by atoms with Crippen molar-refractivity contribution in [2.45, 2.75) is 32.3 Å². The first-order valence-electron chi connectivity index (χ1n) is 4.58. The molecule has 3 N–H and O–H groups in total. The zero-order valence-corrected chi connectivity index (χ0v) is 7.88. The zero-order valence-electron chi connectivity index (χ0n) is 7.88. The van der Waals surface area contributed by atoms with E-state index >= 15 is 0 Å². The smallest absolute Gasteiger partial charge is 0.197 e. The zero-order chi connectivity index (χ0) is 9.84. The first-order valence-corrected chi connectivity index (χ1v) is 4.58. The second-order valence-electron chi connectivity index (χ2n) is 3.61. The van der Waals surface area contributed by atoms with Crippen molar-refractivity contribution in [3.8, 4) is 0 Å². The monoisotopic (exact) mass is 184 g/mol. The number of Topliss-reactive ketones (excluding diaryl/α,β-unsaturated/α-hetero) is 1. The highest BCUT2D eigenvalue weighted by molar-refractivity contribution is 6.36. The van der Waals surface area contributed by atoms with Crippen LogP contribution in [0.3, 0.4) is 0 Å². The summed E-state index contributed by atoms with van der Waals surface area (Å²) in [6.07, 6.45) is 2.45. The predicted molar refractivity (Wildman–Crippen MR) is 49.7 cm³/mol. The van der Waals surface area contributed by atoms with Crippen LogP contribution in [0.15, 0.2) is 0 Å². The number of carbonyl (C=O) groups excluding carboxylic acids is 1. The number of hydrogen-bond donors (Lipinski definition) is 2. The molecule has 74 valence electrons. The van der Waals surface area contributed by atoms with Crippen molar-refractivity contribution in [3.05, 3.63) is 0 Å². The van der Waals surface area contributed by atoms with Gasteiger partial charge in [-0.25, -0.2) is 0 Å². The topological polar surface area (TPSA) is 76.2 Å². The van der Waals surface area contributed by atoms with Crippen molar-refractivity contribution in [1.29, 1.82) is 5.41 Å². The lowest BCUT2D eigenvalue weighted by Crippen LogP contribution is -2.29. The van der Waals surface area contributed by atoms with E-state index in [9.17, 15) is 4.79 Å². The summed E-state index contributed by atoms with van der Waals surface area (Å²) in [5.74, 6) is -0.210. The fourth-order valence-corrected chi connectivity index (χ4v) is 1.65. The van der Waals surface area contributed by atoms with Gasteiger partial charge < -0.3 is 10.5 Å². The van der Waals surface area contributed by atoms with Gasteiger partial charge in [0.1, 0.15) is 0 Å². The molecule has 0 aliphatic carbocycles. The minimum absolute atomic E-state index is 0.235. The molecule has 0 bridgehead atoms. The molecular weight excluding hydrogens is 168 g/mol. The van der Waals surface area contributed by atoms with Crippen LogP contribution in [-0.2, 0) is 9.53 Å². The van der Waals surface area contributed by atoms with Crippen LogP contribution in [0.4, 0.5) is 0 Å². The summed E-state index contributed by atoms with van der Waals surface area (Å²) in [5, 5.41) is 6.97. The van der Waals surface area contributed by atoms with Crippen molar-refractivity contribution in [3.63, 3.8) is 0 Å². The van der Waals surface area contributed by atoms with Crippen molar-refractivity contribution < 1.29 is 9.53 Å². The number of amidine groups is 1. The molecule has 2 unspecified atom stereocenters. The maximum absolute atomic E-state index is 11.1. The SMILES string of the molecule is CC1CC(CC(=O)C(=N)N)CCO1. The summed E-state index contributed by atoms with van der Waals surface area (Å²) < 4.78 is 5.35. The van der Waals surface area contributed by atoms with Gasteiger partial charge in [-0.3, -0.25) is 10.2 Å². The Hall–Kier alpha value is -0.900. The second kappa shape index (κ2) is 4.37. The lowest BCUT2D eigenvalue weighted by atomic mass is 9.91. The third-order valence-electron chi connectivity index (χ3n) is 2.37. The molecule has 2 atom stereocenters. The van der Waals surface area contributed by atoms with Gasteiger partial charge in [-0.2, -0.15) is 0 Å². The Bertz CT molecular complexity index is 216. The van der Waals surface area contributed by atoms with E-state index in [0.717, 1.165) is 19.4 Å². The summed E-state index contributed by atoms with van der Waals surface area (Å²) in [7, 11) is 0. The molecule has 0 aromatic carbocycles. The molecule has 0 saturated carbocycles. The first kappa shape index (κ1) is 10.2. The van der Waals surface area contributed by atoms with Gasteiger partial charge in [-0.15, -0.1) is 0 Å². The average Bonchev–Trinajstić information content (AvgIpc) is 2.04. The lowest BCUT2D eigenvalue weighted by Gasteiger charge is -2.26. The van der Waals surface area contributed by atoms with E-state index in [4.69, 9.17) is 15.9 Å². The largest absolute Gasteiger partial charge is 0.381 e. The van der Waals surface area contributed by atoms with Crippen molar-refractivity contribution >= 4 is 11.6 Å². The summed E-state index contributed by atoms with van der Waals surface area (Å²) >= 11 is 0. The Labute approximate surface area is 78.0 Å². The third-order valence-corrected chi connectivity index (χ3v) is 2.37. The van der Waals surface area contributed by atoms with Crippen LogP contribution in [0, 0.1) is 11.3 Å². The number of nitrogens with two attached hydrogens (primary N) is 1. The van der Waals surface area contributed by atoms with Gasteiger partial charge in [0.05, 0.1) is 6.10 Å². The Kier molecular flexibility index (Phi) is 3.42. The van der Waals surface area contributed by atoms with E-state index < -0.39 is 0 Å². The molecule has 0 amide bonds. The standard InChI is InChI=1S/C9H16N2O2/c1-6-4-7(2-3-13-6)5-8(12)9(10)11/h6-7H,2-5H2,1H3,(H3,10,11). The van der Waals surface area contributed by atoms with Gasteiger partial charge in [0.25, 0.3) is 0 Å². The molecule has 1 rings (SSSR count). The minimum Gasteiger partial charge on any atom is -0.381 e. The van der Waals surface area contributed by atoms with Crippen LogP contribution < -0.4 is 5.73 Å². The van der Waals surface area contributed by atoms with Gasteiger partial charge in [-0.05, 0) is 25.7 Å². The van der Waals surface area contributed by atoms with Crippen molar-refractivity contribution in [1.82, 2.24) is 0 Å². The second-order valence-corrected chi connectivity index (χ2v) is 3.61. The van der Waals surface area contributed by atoms with E-state index in [2.05, 4.69) is 0 Å². The molecule has 4 heteroatoms. The third kappa shape index (κ3) is 3.14. The molecule has 13 heavy (non-hydrogen) atoms. The molecule has 0 aromatic rings. The number of hydrogen-bond acceptors (Lipinski definition) is 3. The Morgan fingerprint density at radius 1 is 1.69 bits per heavy atom. The van der Waals surface area contributed by atoms with E-state index in [1.165, 1.54) is 0 Å². The molecular formula is C9H16N2O2. The quantitative estimate of drug-likeness (QED) is 0.500. The Morgan fingerprint density at radius 2 is 2.38 bits per heavy atom. The highest BCUT2D eigenvalue weighted by Gasteiger charge is 2.22. The highest BCUT2D eigenvalue weighted by atomic mass is 16.5. The van der Waals surface area contributed by atoms with Crippen molar-refractivity contribution in [2.75, 3.05) is 6.61 Å². The summed E-state index contributed by atoms with van der Waals surface area (Å²) in [6.45, 7) is 2.72. The van der Waals surface area contributed by atoms with Crippen LogP contribution in [0.5, 0.6) is 0 Å². The average molecular weight is 184 g/mol. The molecule has 0 spiro atoms. The number of rotatable bonds is 3. The Morgan fingerprint density at radius 3 is 2.92 bits per heavy atom. The van der Waals surface area contributed by atoms with Crippen LogP contribution in [0.2, 0.25) is 0 Å². The molecule has 0 radical (unpaired) electrons. The van der Waals surface area contributed by atoms with Crippen LogP contribution in [0.1, 0.15) is 26.2 Å². The maximum Gasteiger partial charge on any atom is 0.197 e. The van der Waals surface area contributed by atoms with Gasteiger partial charge in [0, 0.05) is 13.0 Å². The number of ether oxygens (including phenoxy) is 1. The van der Waals surface area contributed by atoms with Gasteiger partial charge >= 0.3 is 0 Å². The van der Waals surface area contributed by atoms with E-state index in [1.807, 2.05) is 6.92 Å². The molecule has 1 heterocycles. The molecule has 4 nitrogen and oxygen atoms in total. The summed E-state index contributed by atoms with van der Waals surface area (Å²) in [6, 6.07) is 0. The molecule has 0 aromatic heterocycles. The first-order chi connectivity index (χ1) is 6.09. The van der Waals surface area contributed by atoms with Crippen LogP contribution in [0.25, 0.3) is 0 Å². The fraction of sp³-hybridized carbons (Fsp3) is 0.778. The number of nitrogens with one attached hydrogen (secondary N) is 1. The maximum atomic E-state index is 11.1. The number of carbonyl (C=O) groups is 1. The van der Waals surface area contributed by atoms with Gasteiger partial charge in [-0.1, -0.05) is 0 Å². The highest BCUT2D eigenvalue weighted by Crippen LogP contribution is 2.22. The number of ketones is 1. The van der Waals surface area contributed by atoms with Crippen LogP contribution in [-0.4, -0.2) is 24.3 Å². The summed E-state index contributed by atoms with van der Waals surface area (Å²) in [5.41, 5.74) is 5.09. The fourth-order valence-electron chi connectivity index (χ4n) is 1.65. The predicted octanol–water partition coefficient (Wildman–Crippen LogP) is 0.697. The van der Waals surface area contributed by atoms with Gasteiger partial charge in [0.2, 0.25) is 0 Å². The molecule has 1 aliphatic heterocycles. The molecule has 1 saturated heterocycles. The van der Waals surface area contributed by atoms with Crippen molar-refractivity contribution in [2.24, 2.45) is 11.7 Å². The van der Waals surface area contributed by atoms with E-state index in [0.29, 0.717) is 12.3 Å². The van der Waals surface area contributed by atoms with E-state index in [1.54, 1.807) is 0 Å². The summed E-state index contributed by atoms with van der Waals surface area (Å²) in [4.78, 5) is 11.1. The minimum atomic E-state index is -0.320. The van der Waals surface area contributed by atoms with Crippen LogP contribution >= 0.6 is 0 Å². The van der Waals surface area contributed by atoms with E-state index in [-0.39, 0.29) is 17.7 Å². The Balaban J connectivity index is 2.36.